The number of hydrogen-bond donors (Lipinski definition) is 1. The molecule has 3 amide bonds. The van der Waals surface area contributed by atoms with Crippen molar-refractivity contribution in [2.45, 2.75) is 36.1 Å². The second kappa shape index (κ2) is 8.62. The topological polar surface area (TPSA) is 177 Å². The van der Waals surface area contributed by atoms with Crippen molar-refractivity contribution in [1.29, 1.82) is 0 Å². The van der Waals surface area contributed by atoms with Crippen LogP contribution in [0.4, 0.5) is 13.2 Å². The van der Waals surface area contributed by atoms with Crippen LogP contribution in [-0.2, 0) is 30.5 Å². The third-order valence-electron chi connectivity index (χ3n) is 4.90. The van der Waals surface area contributed by atoms with Gasteiger partial charge in [0.25, 0.3) is 5.91 Å². The number of carboxylic acids is 1. The van der Waals surface area contributed by atoms with E-state index in [0.29, 0.717) is 0 Å². The Labute approximate surface area is 202 Å². The van der Waals surface area contributed by atoms with Gasteiger partial charge >= 0.3 is 41.6 Å². The molecule has 0 radical (unpaired) electrons. The number of aliphatic carboxylic acids is 1. The second-order valence-electron chi connectivity index (χ2n) is 6.67. The van der Waals surface area contributed by atoms with Crippen molar-refractivity contribution in [2.75, 3.05) is 12.5 Å². The van der Waals surface area contributed by atoms with E-state index in [-0.39, 0.29) is 57.5 Å². The van der Waals surface area contributed by atoms with Crippen molar-refractivity contribution in [2.24, 2.45) is 5.73 Å². The number of carboxylic acid groups (broad SMARTS) is 1. The Hall–Kier alpha value is -2.21. The van der Waals surface area contributed by atoms with Gasteiger partial charge in [-0.25, -0.2) is 4.68 Å². The molecule has 0 bridgehead atoms. The van der Waals surface area contributed by atoms with Crippen LogP contribution in [0, 0.1) is 0 Å². The molecule has 32 heavy (non-hydrogen) atoms. The number of halogens is 3. The molecule has 2 fully saturated rings. The van der Waals surface area contributed by atoms with Gasteiger partial charge in [-0.2, -0.15) is 13.2 Å². The second-order valence-corrected chi connectivity index (χ2v) is 7.61. The summed E-state index contributed by atoms with van der Waals surface area (Å²) in [6.07, 6.45) is -6.29. The molecule has 3 aliphatic rings. The van der Waals surface area contributed by atoms with Gasteiger partial charge in [0.15, 0.2) is 0 Å². The Balaban J connectivity index is 0.00000289. The SMILES string of the molecule is NC(=O)Cn1nnnc1SCC1=C(C(=O)[O-])N2C(=O)[C@@H]3[C@H]2C1OCN3C(=O)C(F)(F)F.[Na+]. The zero-order valence-electron chi connectivity index (χ0n) is 16.1. The average molecular weight is 485 g/mol. The van der Waals surface area contributed by atoms with Crippen LogP contribution in [0.1, 0.15) is 0 Å². The molecule has 1 unspecified atom stereocenters. The van der Waals surface area contributed by atoms with Crippen molar-refractivity contribution in [3.05, 3.63) is 11.3 Å². The Morgan fingerprint density at radius 3 is 2.59 bits per heavy atom. The quantitative estimate of drug-likeness (QED) is 0.232. The number of alkyl halides is 3. The smallest absolute Gasteiger partial charge is 0.543 e. The molecule has 4 heterocycles. The zero-order chi connectivity index (χ0) is 22.7. The summed E-state index contributed by atoms with van der Waals surface area (Å²) < 4.78 is 44.9. The number of β-lactam (4-membered cyclic amide) rings is 1. The van der Waals surface area contributed by atoms with Crippen molar-refractivity contribution >= 4 is 35.5 Å². The fraction of sp³-hybridized carbons (Fsp3) is 0.500. The standard InChI is InChI=1S/C14H12F3N7O6S.Na/c15-14(16,17)12(29)22-3-30-9-4(2-31-13-19-20-21-23(13)1-5(18)25)6(11(27)28)24-7(9)8(22)10(24)26;/h7-9H,1-3H2,(H2,18,25)(H,27,28);/q;+1/p-1/t7-,8-,9?;/m0./s1. The van der Waals surface area contributed by atoms with Gasteiger partial charge in [0, 0.05) is 5.75 Å². The van der Waals surface area contributed by atoms with Crippen LogP contribution in [0.25, 0.3) is 0 Å². The van der Waals surface area contributed by atoms with Gasteiger partial charge < -0.3 is 20.4 Å². The minimum Gasteiger partial charge on any atom is -0.543 e. The maximum absolute atomic E-state index is 12.8. The summed E-state index contributed by atoms with van der Waals surface area (Å²) in [7, 11) is 0. The molecule has 4 rings (SSSR count). The van der Waals surface area contributed by atoms with Crippen molar-refractivity contribution in [3.63, 3.8) is 0 Å². The number of nitrogens with zero attached hydrogens (tertiary/aromatic N) is 6. The van der Waals surface area contributed by atoms with Gasteiger partial charge in [-0.15, -0.1) is 5.10 Å². The van der Waals surface area contributed by atoms with E-state index in [4.69, 9.17) is 10.5 Å². The van der Waals surface area contributed by atoms with E-state index >= 15 is 0 Å². The number of carbonyl (C=O) groups excluding carboxylic acids is 4. The molecule has 0 aliphatic carbocycles. The van der Waals surface area contributed by atoms with Gasteiger partial charge in [0.1, 0.15) is 25.4 Å². The number of rotatable bonds is 6. The number of tetrazole rings is 1. The van der Waals surface area contributed by atoms with E-state index < -0.39 is 60.5 Å². The van der Waals surface area contributed by atoms with Gasteiger partial charge in [0.2, 0.25) is 11.1 Å². The summed E-state index contributed by atoms with van der Waals surface area (Å²) in [5.41, 5.74) is 4.60. The number of thioether (sulfide) groups is 1. The molecule has 2 saturated heterocycles. The minimum absolute atomic E-state index is 0. The minimum atomic E-state index is -5.23. The monoisotopic (exact) mass is 485 g/mol. The first-order chi connectivity index (χ1) is 14.5. The first kappa shape index (κ1) is 24.4. The molecule has 2 N–H and O–H groups in total. The third kappa shape index (κ3) is 3.87. The van der Waals surface area contributed by atoms with Gasteiger partial charge in [-0.3, -0.25) is 24.2 Å². The number of nitrogens with two attached hydrogens (primary N) is 1. The zero-order valence-corrected chi connectivity index (χ0v) is 18.9. The van der Waals surface area contributed by atoms with Crippen LogP contribution < -0.4 is 40.4 Å². The number of aromatic nitrogens is 4. The van der Waals surface area contributed by atoms with Crippen LogP contribution >= 0.6 is 11.8 Å². The fourth-order valence-corrected chi connectivity index (χ4v) is 4.65. The van der Waals surface area contributed by atoms with Crippen molar-refractivity contribution in [1.82, 2.24) is 30.0 Å². The maximum Gasteiger partial charge on any atom is 1.00 e. The molecule has 13 nitrogen and oxygen atoms in total. The van der Waals surface area contributed by atoms with Gasteiger partial charge in [0.05, 0.1) is 17.7 Å². The van der Waals surface area contributed by atoms with E-state index in [2.05, 4.69) is 15.5 Å². The number of carbonyl (C=O) groups is 4. The van der Waals surface area contributed by atoms with Gasteiger partial charge in [-0.05, 0) is 16.0 Å². The largest absolute Gasteiger partial charge is 1.00 e. The Kier molecular flexibility index (Phi) is 6.58. The summed E-state index contributed by atoms with van der Waals surface area (Å²) in [5, 5.41) is 22.4. The van der Waals surface area contributed by atoms with E-state index in [1.54, 1.807) is 0 Å². The molecule has 166 valence electrons. The normalized spacial score (nSPS) is 24.1. The maximum atomic E-state index is 12.8. The molecule has 0 saturated carbocycles. The van der Waals surface area contributed by atoms with Gasteiger partial charge in [-0.1, -0.05) is 11.8 Å². The van der Waals surface area contributed by atoms with E-state index in [0.717, 1.165) is 21.3 Å². The van der Waals surface area contributed by atoms with Crippen LogP contribution in [-0.4, -0.2) is 90.5 Å². The predicted octanol–water partition coefficient (Wildman–Crippen LogP) is -6.40. The number of amides is 3. The Bertz CT molecular complexity index is 1030. The van der Waals surface area contributed by atoms with Crippen LogP contribution in [0.15, 0.2) is 16.4 Å². The average Bonchev–Trinajstić information content (AvgIpc) is 3.24. The third-order valence-corrected chi connectivity index (χ3v) is 5.90. The Morgan fingerprint density at radius 2 is 2.00 bits per heavy atom. The molecule has 18 heteroatoms. The molecule has 0 aromatic carbocycles. The first-order valence-electron chi connectivity index (χ1n) is 8.46. The number of hydrogen-bond acceptors (Lipinski definition) is 10. The molecule has 0 spiro atoms. The van der Waals surface area contributed by atoms with Crippen LogP contribution in [0.5, 0.6) is 0 Å². The molecule has 1 aromatic rings. The Morgan fingerprint density at radius 1 is 1.31 bits per heavy atom. The molecule has 3 aliphatic heterocycles. The fourth-order valence-electron chi connectivity index (χ4n) is 3.72. The summed E-state index contributed by atoms with van der Waals surface area (Å²) in [6, 6.07) is -2.64. The van der Waals surface area contributed by atoms with Crippen molar-refractivity contribution in [3.8, 4) is 0 Å². The summed E-state index contributed by atoms with van der Waals surface area (Å²) in [6.45, 7) is -1.19. The molecule has 3 atom stereocenters. The predicted molar refractivity (Wildman–Crippen MR) is 86.8 cm³/mol. The van der Waals surface area contributed by atoms with E-state index in [1.165, 1.54) is 0 Å². The molecule has 1 aromatic heterocycles. The van der Waals surface area contributed by atoms with E-state index in [1.807, 2.05) is 0 Å². The van der Waals surface area contributed by atoms with Crippen LogP contribution in [0.2, 0.25) is 0 Å². The molecular formula is C14H11F3N7NaO6S. The van der Waals surface area contributed by atoms with Crippen LogP contribution in [0.3, 0.4) is 0 Å². The number of ether oxygens (including phenoxy) is 1. The van der Waals surface area contributed by atoms with E-state index in [9.17, 15) is 37.5 Å². The number of primary amides is 1. The van der Waals surface area contributed by atoms with Crippen molar-refractivity contribution < 1.29 is 71.8 Å². The molecular weight excluding hydrogens is 474 g/mol. The first-order valence-corrected chi connectivity index (χ1v) is 9.45. The summed E-state index contributed by atoms with van der Waals surface area (Å²) >= 11 is 0.895. The summed E-state index contributed by atoms with van der Waals surface area (Å²) in [5.74, 6) is -5.84. The summed E-state index contributed by atoms with van der Waals surface area (Å²) in [4.78, 5) is 47.9.